The molecule has 0 radical (unpaired) electrons. The molecule has 17 heavy (non-hydrogen) atoms. The summed E-state index contributed by atoms with van der Waals surface area (Å²) in [6.45, 7) is 0. The second-order valence-electron chi connectivity index (χ2n) is 4.36. The largest absolute Gasteiger partial charge is 0.381 e. The standard InChI is InChI=1S/C13H15N3O/c14-8-10-2-1-3-12(10)16-11-6-4-9(5-7-11)13(15)17/h4-7,10,12,16H,1-3H2,(H2,15,17). The summed E-state index contributed by atoms with van der Waals surface area (Å²) in [5.74, 6) is -0.335. The number of rotatable bonds is 3. The number of nitrogens with zero attached hydrogens (tertiary/aromatic N) is 1. The molecule has 4 nitrogen and oxygen atoms in total. The van der Waals surface area contributed by atoms with Gasteiger partial charge in [0.15, 0.2) is 0 Å². The highest BCUT2D eigenvalue weighted by Gasteiger charge is 2.26. The summed E-state index contributed by atoms with van der Waals surface area (Å²) in [5, 5.41) is 12.3. The van der Waals surface area contributed by atoms with Crippen LogP contribution in [0.5, 0.6) is 0 Å². The van der Waals surface area contributed by atoms with Crippen molar-refractivity contribution in [1.29, 1.82) is 5.26 Å². The summed E-state index contributed by atoms with van der Waals surface area (Å²) in [4.78, 5) is 10.9. The molecular weight excluding hydrogens is 214 g/mol. The van der Waals surface area contributed by atoms with Crippen LogP contribution in [0, 0.1) is 17.2 Å². The Morgan fingerprint density at radius 1 is 1.35 bits per heavy atom. The van der Waals surface area contributed by atoms with Crippen LogP contribution >= 0.6 is 0 Å². The Bertz CT molecular complexity index is 447. The molecule has 1 fully saturated rings. The smallest absolute Gasteiger partial charge is 0.248 e. The number of hydrogen-bond donors (Lipinski definition) is 2. The molecule has 1 aromatic carbocycles. The Balaban J connectivity index is 2.04. The van der Waals surface area contributed by atoms with Crippen LogP contribution in [0.2, 0.25) is 0 Å². The van der Waals surface area contributed by atoms with E-state index in [1.807, 2.05) is 12.1 Å². The predicted octanol–water partition coefficient (Wildman–Crippen LogP) is 1.89. The van der Waals surface area contributed by atoms with Gasteiger partial charge in [-0.05, 0) is 43.5 Å². The normalized spacial score (nSPS) is 23.0. The van der Waals surface area contributed by atoms with Gasteiger partial charge in [-0.1, -0.05) is 0 Å². The van der Waals surface area contributed by atoms with Crippen LogP contribution in [0.1, 0.15) is 29.6 Å². The lowest BCUT2D eigenvalue weighted by Crippen LogP contribution is -2.22. The molecule has 0 aromatic heterocycles. The number of nitriles is 1. The van der Waals surface area contributed by atoms with Gasteiger partial charge in [0.25, 0.3) is 0 Å². The average molecular weight is 229 g/mol. The van der Waals surface area contributed by atoms with E-state index in [1.54, 1.807) is 12.1 Å². The third-order valence-corrected chi connectivity index (χ3v) is 3.20. The Labute approximate surface area is 100 Å². The number of hydrogen-bond acceptors (Lipinski definition) is 3. The SMILES string of the molecule is N#CC1CCCC1Nc1ccc(C(N)=O)cc1. The van der Waals surface area contributed by atoms with E-state index in [1.165, 1.54) is 0 Å². The Hall–Kier alpha value is -2.02. The highest BCUT2D eigenvalue weighted by molar-refractivity contribution is 5.93. The molecule has 1 aliphatic carbocycles. The zero-order valence-electron chi connectivity index (χ0n) is 9.52. The highest BCUT2D eigenvalue weighted by atomic mass is 16.1. The first-order valence-electron chi connectivity index (χ1n) is 5.76. The van der Waals surface area contributed by atoms with Crippen molar-refractivity contribution in [3.63, 3.8) is 0 Å². The first-order chi connectivity index (χ1) is 8.20. The van der Waals surface area contributed by atoms with Gasteiger partial charge in [-0.15, -0.1) is 0 Å². The summed E-state index contributed by atoms with van der Waals surface area (Å²) >= 11 is 0. The molecule has 0 heterocycles. The van der Waals surface area contributed by atoms with E-state index in [4.69, 9.17) is 11.0 Å². The van der Waals surface area contributed by atoms with Crippen LogP contribution < -0.4 is 11.1 Å². The minimum Gasteiger partial charge on any atom is -0.381 e. The van der Waals surface area contributed by atoms with E-state index in [0.29, 0.717) is 5.56 Å². The van der Waals surface area contributed by atoms with Crippen LogP contribution in [0.3, 0.4) is 0 Å². The maximum Gasteiger partial charge on any atom is 0.248 e. The van der Waals surface area contributed by atoms with Crippen LogP contribution in [-0.4, -0.2) is 11.9 Å². The molecule has 4 heteroatoms. The molecule has 0 bridgehead atoms. The maximum atomic E-state index is 10.9. The quantitative estimate of drug-likeness (QED) is 0.830. The van der Waals surface area contributed by atoms with Crippen molar-refractivity contribution in [3.05, 3.63) is 29.8 Å². The number of benzene rings is 1. The van der Waals surface area contributed by atoms with Gasteiger partial charge in [0.05, 0.1) is 12.0 Å². The van der Waals surface area contributed by atoms with Crippen molar-refractivity contribution in [2.75, 3.05) is 5.32 Å². The summed E-state index contributed by atoms with van der Waals surface area (Å²) in [5.41, 5.74) is 6.60. The summed E-state index contributed by atoms with van der Waals surface area (Å²) in [6.07, 6.45) is 3.08. The number of amides is 1. The van der Waals surface area contributed by atoms with Crippen molar-refractivity contribution in [1.82, 2.24) is 0 Å². The number of carbonyl (C=O) groups is 1. The van der Waals surface area contributed by atoms with Crippen LogP contribution in [0.25, 0.3) is 0 Å². The van der Waals surface area contributed by atoms with Gasteiger partial charge in [-0.3, -0.25) is 4.79 Å². The molecule has 0 spiro atoms. The number of primary amides is 1. The molecule has 2 unspecified atom stereocenters. The fourth-order valence-electron chi connectivity index (χ4n) is 2.23. The highest BCUT2D eigenvalue weighted by Crippen LogP contribution is 2.27. The molecule has 2 atom stereocenters. The number of nitrogens with one attached hydrogen (secondary N) is 1. The lowest BCUT2D eigenvalue weighted by Gasteiger charge is -2.17. The zero-order valence-corrected chi connectivity index (χ0v) is 9.52. The van der Waals surface area contributed by atoms with E-state index in [-0.39, 0.29) is 12.0 Å². The Morgan fingerprint density at radius 2 is 2.06 bits per heavy atom. The van der Waals surface area contributed by atoms with Gasteiger partial charge in [0, 0.05) is 17.3 Å². The molecule has 1 saturated carbocycles. The van der Waals surface area contributed by atoms with E-state index in [9.17, 15) is 4.79 Å². The first kappa shape index (κ1) is 11.5. The van der Waals surface area contributed by atoms with Crippen molar-refractivity contribution < 1.29 is 4.79 Å². The third kappa shape index (κ3) is 2.56. The summed E-state index contributed by atoms with van der Waals surface area (Å²) in [7, 11) is 0. The van der Waals surface area contributed by atoms with Crippen molar-refractivity contribution in [2.45, 2.75) is 25.3 Å². The Kier molecular flexibility index (Phi) is 3.29. The predicted molar refractivity (Wildman–Crippen MR) is 65.3 cm³/mol. The fraction of sp³-hybridized carbons (Fsp3) is 0.385. The lowest BCUT2D eigenvalue weighted by molar-refractivity contribution is 0.100. The molecular formula is C13H15N3O. The second kappa shape index (κ2) is 4.88. The number of carbonyl (C=O) groups excluding carboxylic acids is 1. The second-order valence-corrected chi connectivity index (χ2v) is 4.36. The molecule has 1 aliphatic rings. The molecule has 88 valence electrons. The molecule has 0 saturated heterocycles. The molecule has 2 rings (SSSR count). The van der Waals surface area contributed by atoms with Crippen molar-refractivity contribution in [3.8, 4) is 6.07 Å². The van der Waals surface area contributed by atoms with Crippen molar-refractivity contribution >= 4 is 11.6 Å². The van der Waals surface area contributed by atoms with E-state index in [2.05, 4.69) is 11.4 Å². The van der Waals surface area contributed by atoms with Gasteiger partial charge in [0.1, 0.15) is 0 Å². The monoisotopic (exact) mass is 229 g/mol. The minimum atomic E-state index is -0.424. The van der Waals surface area contributed by atoms with Gasteiger partial charge in [-0.2, -0.15) is 5.26 Å². The summed E-state index contributed by atoms with van der Waals surface area (Å²) < 4.78 is 0. The van der Waals surface area contributed by atoms with Gasteiger partial charge in [-0.25, -0.2) is 0 Å². The van der Waals surface area contributed by atoms with Crippen molar-refractivity contribution in [2.24, 2.45) is 11.7 Å². The first-order valence-corrected chi connectivity index (χ1v) is 5.76. The van der Waals surface area contributed by atoms with Crippen LogP contribution in [-0.2, 0) is 0 Å². The minimum absolute atomic E-state index is 0.0887. The topological polar surface area (TPSA) is 78.9 Å². The van der Waals surface area contributed by atoms with Crippen LogP contribution in [0.15, 0.2) is 24.3 Å². The van der Waals surface area contributed by atoms with E-state index >= 15 is 0 Å². The summed E-state index contributed by atoms with van der Waals surface area (Å²) in [6, 6.07) is 9.59. The van der Waals surface area contributed by atoms with Crippen LogP contribution in [0.4, 0.5) is 5.69 Å². The van der Waals surface area contributed by atoms with E-state index in [0.717, 1.165) is 24.9 Å². The third-order valence-electron chi connectivity index (χ3n) is 3.20. The van der Waals surface area contributed by atoms with Gasteiger partial charge < -0.3 is 11.1 Å². The number of nitrogens with two attached hydrogens (primary N) is 1. The lowest BCUT2D eigenvalue weighted by atomic mass is 10.1. The molecule has 0 aliphatic heterocycles. The van der Waals surface area contributed by atoms with Gasteiger partial charge >= 0.3 is 0 Å². The zero-order chi connectivity index (χ0) is 12.3. The average Bonchev–Trinajstić information content (AvgIpc) is 2.77. The molecule has 1 aromatic rings. The number of anilines is 1. The van der Waals surface area contributed by atoms with Gasteiger partial charge in [0.2, 0.25) is 5.91 Å². The van der Waals surface area contributed by atoms with E-state index < -0.39 is 5.91 Å². The maximum absolute atomic E-state index is 10.9. The fourth-order valence-corrected chi connectivity index (χ4v) is 2.23. The molecule has 1 amide bonds. The molecule has 3 N–H and O–H groups in total. The Morgan fingerprint density at radius 3 is 2.65 bits per heavy atom.